The summed E-state index contributed by atoms with van der Waals surface area (Å²) in [6.07, 6.45) is 0. The number of benzene rings is 2. The molecule has 2 N–H and O–H groups in total. The number of carbonyl (C=O) groups excluding carboxylic acids is 3. The van der Waals surface area contributed by atoms with E-state index < -0.39 is 11.9 Å². The van der Waals surface area contributed by atoms with Crippen LogP contribution >= 0.6 is 0 Å². The average Bonchev–Trinajstić information content (AvgIpc) is 2.68. The highest BCUT2D eigenvalue weighted by molar-refractivity contribution is 6.08. The number of esters is 1. The van der Waals surface area contributed by atoms with E-state index >= 15 is 0 Å². The Morgan fingerprint density at radius 3 is 2.12 bits per heavy atom. The molecular weight excluding hydrogens is 336 g/mol. The Labute approximate surface area is 151 Å². The Kier molecular flexibility index (Phi) is 6.87. The summed E-state index contributed by atoms with van der Waals surface area (Å²) in [7, 11) is 2.83. The number of rotatable bonds is 7. The van der Waals surface area contributed by atoms with E-state index in [1.165, 1.54) is 7.11 Å². The van der Waals surface area contributed by atoms with Crippen LogP contribution in [0.1, 0.15) is 31.1 Å². The van der Waals surface area contributed by atoms with Crippen molar-refractivity contribution in [1.29, 1.82) is 0 Å². The second kappa shape index (κ2) is 9.33. The maximum atomic E-state index is 12.4. The zero-order valence-electron chi connectivity index (χ0n) is 14.6. The molecule has 0 aliphatic heterocycles. The third kappa shape index (κ3) is 4.90. The van der Waals surface area contributed by atoms with Gasteiger partial charge in [0, 0.05) is 24.8 Å². The second-order valence-electron chi connectivity index (χ2n) is 5.32. The molecule has 0 fully saturated rings. The monoisotopic (exact) mass is 356 g/mol. The minimum Gasteiger partial charge on any atom is -0.465 e. The van der Waals surface area contributed by atoms with Crippen molar-refractivity contribution in [2.45, 2.75) is 0 Å². The summed E-state index contributed by atoms with van der Waals surface area (Å²) < 4.78 is 9.57. The van der Waals surface area contributed by atoms with Crippen LogP contribution in [0.2, 0.25) is 0 Å². The third-order valence-corrected chi connectivity index (χ3v) is 3.58. The first kappa shape index (κ1) is 19.1. The van der Waals surface area contributed by atoms with E-state index in [1.54, 1.807) is 55.6 Å². The van der Waals surface area contributed by atoms with Gasteiger partial charge in [0.1, 0.15) is 0 Å². The molecule has 0 radical (unpaired) electrons. The van der Waals surface area contributed by atoms with Crippen LogP contribution < -0.4 is 10.6 Å². The third-order valence-electron chi connectivity index (χ3n) is 3.58. The predicted molar refractivity (Wildman–Crippen MR) is 96.4 cm³/mol. The lowest BCUT2D eigenvalue weighted by atomic mass is 10.1. The Morgan fingerprint density at radius 2 is 1.50 bits per heavy atom. The highest BCUT2D eigenvalue weighted by Crippen LogP contribution is 2.17. The number of ether oxygens (including phenoxy) is 2. The van der Waals surface area contributed by atoms with Gasteiger partial charge in [0.2, 0.25) is 0 Å². The van der Waals surface area contributed by atoms with Crippen molar-refractivity contribution < 1.29 is 23.9 Å². The SMILES string of the molecule is COCCNC(=O)c1ccc(C(=O)Nc2ccccc2C(=O)OC)cc1. The lowest BCUT2D eigenvalue weighted by Crippen LogP contribution is -2.27. The molecule has 0 aliphatic carbocycles. The number of nitrogens with one attached hydrogen (secondary N) is 2. The molecule has 0 aliphatic rings. The number of hydrogen-bond donors (Lipinski definition) is 2. The lowest BCUT2D eigenvalue weighted by molar-refractivity contribution is 0.0601. The zero-order valence-corrected chi connectivity index (χ0v) is 14.6. The molecule has 7 nitrogen and oxygen atoms in total. The van der Waals surface area contributed by atoms with E-state index in [9.17, 15) is 14.4 Å². The number of carbonyl (C=O) groups is 3. The maximum absolute atomic E-state index is 12.4. The Bertz CT molecular complexity index is 787. The molecule has 0 heterocycles. The van der Waals surface area contributed by atoms with Gasteiger partial charge < -0.3 is 20.1 Å². The van der Waals surface area contributed by atoms with Gasteiger partial charge in [-0.1, -0.05) is 12.1 Å². The molecule has 2 aromatic carbocycles. The van der Waals surface area contributed by atoms with Crippen LogP contribution in [0.15, 0.2) is 48.5 Å². The summed E-state index contributed by atoms with van der Waals surface area (Å²) in [5.74, 6) is -1.18. The molecule has 7 heteroatoms. The van der Waals surface area contributed by atoms with Crippen LogP contribution in [0.25, 0.3) is 0 Å². The molecule has 0 aromatic heterocycles. The van der Waals surface area contributed by atoms with Gasteiger partial charge in [0.05, 0.1) is 25.0 Å². The van der Waals surface area contributed by atoms with Gasteiger partial charge in [-0.15, -0.1) is 0 Å². The van der Waals surface area contributed by atoms with Crippen LogP contribution in [-0.2, 0) is 9.47 Å². The van der Waals surface area contributed by atoms with Crippen molar-refractivity contribution in [3.8, 4) is 0 Å². The first-order valence-corrected chi connectivity index (χ1v) is 7.92. The normalized spacial score (nSPS) is 10.1. The van der Waals surface area contributed by atoms with Gasteiger partial charge in [-0.3, -0.25) is 9.59 Å². The van der Waals surface area contributed by atoms with Gasteiger partial charge in [0.25, 0.3) is 11.8 Å². The molecular formula is C19H20N2O5. The van der Waals surface area contributed by atoms with E-state index in [2.05, 4.69) is 10.6 Å². The summed E-state index contributed by atoms with van der Waals surface area (Å²) in [5, 5.41) is 5.37. The number of hydrogen-bond acceptors (Lipinski definition) is 5. The van der Waals surface area contributed by atoms with Gasteiger partial charge in [-0.25, -0.2) is 4.79 Å². The zero-order chi connectivity index (χ0) is 18.9. The summed E-state index contributed by atoms with van der Waals surface area (Å²) in [4.78, 5) is 36.1. The standard InChI is InChI=1S/C19H20N2O5/c1-25-12-11-20-17(22)13-7-9-14(10-8-13)18(23)21-16-6-4-3-5-15(16)19(24)26-2/h3-10H,11-12H2,1-2H3,(H,20,22)(H,21,23). The fourth-order valence-electron chi connectivity index (χ4n) is 2.22. The number of anilines is 1. The Hall–Kier alpha value is -3.19. The van der Waals surface area contributed by atoms with Crippen LogP contribution in [0, 0.1) is 0 Å². The molecule has 0 saturated heterocycles. The first-order valence-electron chi connectivity index (χ1n) is 7.92. The van der Waals surface area contributed by atoms with Gasteiger partial charge in [-0.2, -0.15) is 0 Å². The minimum absolute atomic E-state index is 0.245. The van der Waals surface area contributed by atoms with E-state index in [1.807, 2.05) is 0 Å². The van der Waals surface area contributed by atoms with E-state index in [0.29, 0.717) is 30.0 Å². The molecule has 26 heavy (non-hydrogen) atoms. The molecule has 2 aromatic rings. The molecule has 0 atom stereocenters. The first-order chi connectivity index (χ1) is 12.6. The van der Waals surface area contributed by atoms with Crippen molar-refractivity contribution in [3.05, 3.63) is 65.2 Å². The highest BCUT2D eigenvalue weighted by atomic mass is 16.5. The maximum Gasteiger partial charge on any atom is 0.339 e. The van der Waals surface area contributed by atoms with E-state index in [-0.39, 0.29) is 11.5 Å². The summed E-state index contributed by atoms with van der Waals surface area (Å²) in [6.45, 7) is 0.827. The molecule has 0 saturated carbocycles. The molecule has 136 valence electrons. The quantitative estimate of drug-likeness (QED) is 0.585. The average molecular weight is 356 g/mol. The highest BCUT2D eigenvalue weighted by Gasteiger charge is 2.14. The van der Waals surface area contributed by atoms with E-state index in [4.69, 9.17) is 9.47 Å². The van der Waals surface area contributed by atoms with Crippen molar-refractivity contribution in [3.63, 3.8) is 0 Å². The number of amides is 2. The smallest absolute Gasteiger partial charge is 0.339 e. The van der Waals surface area contributed by atoms with Crippen molar-refractivity contribution in [1.82, 2.24) is 5.32 Å². The topological polar surface area (TPSA) is 93.7 Å². The van der Waals surface area contributed by atoms with Crippen LogP contribution in [0.5, 0.6) is 0 Å². The predicted octanol–water partition coefficient (Wildman–Crippen LogP) is 2.10. The molecule has 2 rings (SSSR count). The van der Waals surface area contributed by atoms with Crippen LogP contribution in [0.4, 0.5) is 5.69 Å². The second-order valence-corrected chi connectivity index (χ2v) is 5.32. The summed E-state index contributed by atoms with van der Waals surface area (Å²) >= 11 is 0. The van der Waals surface area contributed by atoms with Crippen molar-refractivity contribution >= 4 is 23.5 Å². The fourth-order valence-corrected chi connectivity index (χ4v) is 2.22. The molecule has 0 unspecified atom stereocenters. The number of methoxy groups -OCH3 is 2. The van der Waals surface area contributed by atoms with Crippen molar-refractivity contribution in [2.75, 3.05) is 32.7 Å². The van der Waals surface area contributed by atoms with Gasteiger partial charge in [-0.05, 0) is 36.4 Å². The number of para-hydroxylation sites is 1. The van der Waals surface area contributed by atoms with Crippen LogP contribution in [0.3, 0.4) is 0 Å². The Balaban J connectivity index is 2.07. The summed E-state index contributed by atoms with van der Waals surface area (Å²) in [6, 6.07) is 12.8. The van der Waals surface area contributed by atoms with Gasteiger partial charge >= 0.3 is 5.97 Å². The van der Waals surface area contributed by atoms with Crippen molar-refractivity contribution in [2.24, 2.45) is 0 Å². The fraction of sp³-hybridized carbons (Fsp3) is 0.211. The molecule has 0 bridgehead atoms. The van der Waals surface area contributed by atoms with E-state index in [0.717, 1.165) is 0 Å². The molecule has 0 spiro atoms. The lowest BCUT2D eigenvalue weighted by Gasteiger charge is -2.10. The minimum atomic E-state index is -0.538. The summed E-state index contributed by atoms with van der Waals surface area (Å²) in [5.41, 5.74) is 1.41. The van der Waals surface area contributed by atoms with Gasteiger partial charge in [0.15, 0.2) is 0 Å². The van der Waals surface area contributed by atoms with Crippen LogP contribution in [-0.4, -0.2) is 45.2 Å². The molecule has 2 amide bonds. The largest absolute Gasteiger partial charge is 0.465 e. The Morgan fingerprint density at radius 1 is 0.885 bits per heavy atom.